The van der Waals surface area contributed by atoms with Crippen molar-refractivity contribution in [1.29, 1.82) is 0 Å². The van der Waals surface area contributed by atoms with Gasteiger partial charge in [0.05, 0.1) is 0 Å². The minimum atomic E-state index is -3.40. The molecule has 0 spiro atoms. The van der Waals surface area contributed by atoms with E-state index in [0.717, 1.165) is 0 Å². The summed E-state index contributed by atoms with van der Waals surface area (Å²) in [6, 6.07) is 0. The molecule has 0 radical (unpaired) electrons. The van der Waals surface area contributed by atoms with Gasteiger partial charge in [-0.05, 0) is 0 Å². The van der Waals surface area contributed by atoms with Crippen molar-refractivity contribution in [3.05, 3.63) is 0 Å². The Hall–Kier alpha value is 0.763. The second kappa shape index (κ2) is 7.25. The summed E-state index contributed by atoms with van der Waals surface area (Å²) in [5, 5.41) is 0. The first-order valence-electron chi connectivity index (χ1n) is 6.23. The van der Waals surface area contributed by atoms with Crippen LogP contribution in [0.5, 0.6) is 0 Å². The number of rotatable bonds is 7. The maximum absolute atomic E-state index is 6.09. The molecule has 0 amide bonds. The average molecular weight is 312 g/mol. The molecule has 16 heavy (non-hydrogen) atoms. The van der Waals surface area contributed by atoms with Gasteiger partial charge in [-0.15, -0.1) is 0 Å². The van der Waals surface area contributed by atoms with Crippen LogP contribution in [0, 0.1) is 0 Å². The van der Waals surface area contributed by atoms with E-state index in [1.165, 1.54) is 0 Å². The second-order valence-electron chi connectivity index (χ2n) is 5.26. The van der Waals surface area contributed by atoms with Crippen molar-refractivity contribution in [1.82, 2.24) is 0 Å². The van der Waals surface area contributed by atoms with Crippen LogP contribution in [0.25, 0.3) is 0 Å². The van der Waals surface area contributed by atoms with Crippen molar-refractivity contribution in [2.45, 2.75) is 77.3 Å². The molecule has 0 atom stereocenters. The predicted molar refractivity (Wildman–Crippen MR) is 63.8 cm³/mol. The third kappa shape index (κ3) is 5.90. The van der Waals surface area contributed by atoms with E-state index < -0.39 is 21.6 Å². The molecule has 0 aliphatic carbocycles. The molecule has 0 fully saturated rings. The molecule has 0 saturated carbocycles. The molecule has 4 heteroatoms. The number of hydrogen-bond acceptors (Lipinski definition) is 3. The van der Waals surface area contributed by atoms with E-state index in [4.69, 9.17) is 8.44 Å². The van der Waals surface area contributed by atoms with Crippen LogP contribution < -0.4 is 0 Å². The van der Waals surface area contributed by atoms with Gasteiger partial charge in [0, 0.05) is 0 Å². The zero-order chi connectivity index (χ0) is 12.9. The first-order chi connectivity index (χ1) is 7.19. The maximum atomic E-state index is 6.09. The van der Waals surface area contributed by atoms with Crippen LogP contribution in [0.15, 0.2) is 0 Å². The van der Waals surface area contributed by atoms with Crippen molar-refractivity contribution in [3.63, 3.8) is 0 Å². The summed E-state index contributed by atoms with van der Waals surface area (Å²) in [4.78, 5) is 0. The van der Waals surface area contributed by atoms with Gasteiger partial charge in [0.1, 0.15) is 0 Å². The second-order valence-corrected chi connectivity index (χ2v) is 12.8. The van der Waals surface area contributed by atoms with Gasteiger partial charge in [0.15, 0.2) is 0 Å². The summed E-state index contributed by atoms with van der Waals surface area (Å²) in [6.45, 7) is 16.5. The van der Waals surface area contributed by atoms with Gasteiger partial charge in [-0.2, -0.15) is 0 Å². The van der Waals surface area contributed by atoms with Gasteiger partial charge in [-0.25, -0.2) is 0 Å². The van der Waals surface area contributed by atoms with Gasteiger partial charge in [0.2, 0.25) is 0 Å². The van der Waals surface area contributed by atoms with Crippen molar-refractivity contribution >= 4 is 0 Å². The van der Waals surface area contributed by atoms with Crippen molar-refractivity contribution in [2.24, 2.45) is 0 Å². The monoisotopic (exact) mass is 310 g/mol. The fraction of sp³-hybridized carbons (Fsp3) is 1.00. The Morgan fingerprint density at radius 3 is 0.938 bits per heavy atom. The summed E-state index contributed by atoms with van der Waals surface area (Å²) in [7, 11) is 0. The SMILES string of the molecule is CC(C)[O][Zr]([O]C(C)C)([O]C(C)C)[CH](C)C. The summed E-state index contributed by atoms with van der Waals surface area (Å²) < 4.78 is 18.6. The first-order valence-corrected chi connectivity index (χ1v) is 10.7. The summed E-state index contributed by atoms with van der Waals surface area (Å²) in [5.41, 5.74) is 0. The van der Waals surface area contributed by atoms with E-state index in [1.807, 2.05) is 41.5 Å². The molecule has 0 aromatic carbocycles. The molecule has 0 unspecified atom stereocenters. The van der Waals surface area contributed by atoms with Gasteiger partial charge in [-0.1, -0.05) is 0 Å². The fourth-order valence-electron chi connectivity index (χ4n) is 1.48. The van der Waals surface area contributed by atoms with Crippen LogP contribution >= 0.6 is 0 Å². The standard InChI is InChI=1S/3C3H7O.C3H7.Zr/c3*1-3(2)4;1-3-2;/h3*3H,1-2H3;3H,1-2H3;/q3*-1;;+3. The Kier molecular flexibility index (Phi) is 7.60. The van der Waals surface area contributed by atoms with Gasteiger partial charge in [-0.3, -0.25) is 0 Å². The van der Waals surface area contributed by atoms with Gasteiger partial charge < -0.3 is 0 Å². The topological polar surface area (TPSA) is 27.7 Å². The summed E-state index contributed by atoms with van der Waals surface area (Å²) in [6.07, 6.45) is 0.488. The molecule has 0 bridgehead atoms. The molecule has 0 aromatic rings. The minimum absolute atomic E-state index is 0.163. The Bertz CT molecular complexity index is 164. The van der Waals surface area contributed by atoms with E-state index in [1.54, 1.807) is 0 Å². The summed E-state index contributed by atoms with van der Waals surface area (Å²) >= 11 is -3.40. The van der Waals surface area contributed by atoms with E-state index in [-0.39, 0.29) is 18.3 Å². The Morgan fingerprint density at radius 1 is 0.562 bits per heavy atom. The third-order valence-electron chi connectivity index (χ3n) is 1.91. The molecule has 0 aliphatic heterocycles. The van der Waals surface area contributed by atoms with Gasteiger partial charge >= 0.3 is 107 Å². The Balaban J connectivity index is 4.88. The Morgan fingerprint density at radius 2 is 0.812 bits per heavy atom. The van der Waals surface area contributed by atoms with Gasteiger partial charge in [0.25, 0.3) is 0 Å². The average Bonchev–Trinajstić information content (AvgIpc) is 1.98. The predicted octanol–water partition coefficient (Wildman–Crippen LogP) is 3.99. The molecule has 0 N–H and O–H groups in total. The van der Waals surface area contributed by atoms with E-state index in [2.05, 4.69) is 13.8 Å². The third-order valence-corrected chi connectivity index (χ3v) is 11.3. The fourth-order valence-corrected chi connectivity index (χ4v) is 8.74. The Labute approximate surface area is 107 Å². The normalized spacial score (nSPS) is 13.5. The van der Waals surface area contributed by atoms with Crippen molar-refractivity contribution in [2.75, 3.05) is 0 Å². The first kappa shape index (κ1) is 16.8. The number of hydrogen-bond donors (Lipinski definition) is 0. The van der Waals surface area contributed by atoms with E-state index in [9.17, 15) is 0 Å². The molecule has 0 heterocycles. The van der Waals surface area contributed by atoms with Crippen molar-refractivity contribution in [3.8, 4) is 0 Å². The van der Waals surface area contributed by atoms with Crippen LogP contribution in [0.2, 0.25) is 3.63 Å². The quantitative estimate of drug-likeness (QED) is 0.711. The molecule has 0 aromatic heterocycles. The van der Waals surface area contributed by atoms with Crippen molar-refractivity contribution < 1.29 is 30.0 Å². The molecule has 0 saturated heterocycles. The van der Waals surface area contributed by atoms with Crippen LogP contribution in [0.4, 0.5) is 0 Å². The summed E-state index contributed by atoms with van der Waals surface area (Å²) in [5.74, 6) is 0. The molecular formula is C12H28O3Zr. The van der Waals surface area contributed by atoms with Crippen LogP contribution in [-0.2, 0) is 30.0 Å². The zero-order valence-corrected chi connectivity index (χ0v) is 14.5. The van der Waals surface area contributed by atoms with E-state index in [0.29, 0.717) is 3.63 Å². The zero-order valence-electron chi connectivity index (χ0n) is 12.0. The molecule has 0 aliphatic rings. The van der Waals surface area contributed by atoms with Crippen LogP contribution in [0.1, 0.15) is 55.4 Å². The molecule has 3 nitrogen and oxygen atoms in total. The molecule has 0 rings (SSSR count). The molecular weight excluding hydrogens is 283 g/mol. The van der Waals surface area contributed by atoms with Crippen LogP contribution in [-0.4, -0.2) is 18.3 Å². The van der Waals surface area contributed by atoms with E-state index >= 15 is 0 Å². The molecule has 98 valence electrons. The van der Waals surface area contributed by atoms with Crippen LogP contribution in [0.3, 0.4) is 0 Å².